The lowest BCUT2D eigenvalue weighted by Gasteiger charge is -2.29. The highest BCUT2D eigenvalue weighted by atomic mass is 16.5. The number of rotatable bonds is 11. The number of ether oxygens (including phenoxy) is 3. The third-order valence-electron chi connectivity index (χ3n) is 6.75. The molecule has 2 N–H and O–H groups in total. The predicted octanol–water partition coefficient (Wildman–Crippen LogP) is 6.63. The first-order chi connectivity index (χ1) is 19.3. The standard InChI is InChI=1S/C34H35NO4/c36-32-17-10-18-35-31-19-29(23-37-21-26-11-4-1-5-12-26)20-33(39-24-28-15-8-3-9-16-28)34(31)30(32)25-38-22-27-13-6-2-7-14-27/h1-17,19-20,30,32,35-36H,18,21-25H2/b17-10-/t30-,32+/m1/s1. The van der Waals surface area contributed by atoms with Gasteiger partial charge >= 0.3 is 0 Å². The van der Waals surface area contributed by atoms with Gasteiger partial charge in [0.25, 0.3) is 0 Å². The van der Waals surface area contributed by atoms with Crippen LogP contribution < -0.4 is 10.1 Å². The van der Waals surface area contributed by atoms with Crippen molar-refractivity contribution >= 4 is 5.69 Å². The molecular weight excluding hydrogens is 486 g/mol. The van der Waals surface area contributed by atoms with Gasteiger partial charge in [0.1, 0.15) is 12.4 Å². The van der Waals surface area contributed by atoms with E-state index in [1.807, 2.05) is 97.1 Å². The van der Waals surface area contributed by atoms with Gasteiger partial charge in [0.2, 0.25) is 0 Å². The summed E-state index contributed by atoms with van der Waals surface area (Å²) in [4.78, 5) is 0. The van der Waals surface area contributed by atoms with Crippen molar-refractivity contribution in [3.63, 3.8) is 0 Å². The van der Waals surface area contributed by atoms with Crippen molar-refractivity contribution in [2.75, 3.05) is 18.5 Å². The molecule has 5 heteroatoms. The summed E-state index contributed by atoms with van der Waals surface area (Å²) >= 11 is 0. The average Bonchev–Trinajstić information content (AvgIpc) is 2.97. The van der Waals surface area contributed by atoms with Gasteiger partial charge < -0.3 is 24.6 Å². The minimum Gasteiger partial charge on any atom is -0.489 e. The largest absolute Gasteiger partial charge is 0.489 e. The van der Waals surface area contributed by atoms with Crippen LogP contribution >= 0.6 is 0 Å². The van der Waals surface area contributed by atoms with Crippen molar-refractivity contribution < 1.29 is 19.3 Å². The highest BCUT2D eigenvalue weighted by molar-refractivity contribution is 5.63. The van der Waals surface area contributed by atoms with Gasteiger partial charge in [0, 0.05) is 23.7 Å². The van der Waals surface area contributed by atoms with Crippen LogP contribution in [-0.4, -0.2) is 24.4 Å². The molecular formula is C34H35NO4. The van der Waals surface area contributed by atoms with Crippen molar-refractivity contribution in [1.82, 2.24) is 0 Å². The molecule has 4 aromatic carbocycles. The van der Waals surface area contributed by atoms with E-state index in [0.29, 0.717) is 39.6 Å². The monoisotopic (exact) mass is 521 g/mol. The molecule has 0 fully saturated rings. The first-order valence-electron chi connectivity index (χ1n) is 13.4. The van der Waals surface area contributed by atoms with Gasteiger partial charge in [-0.15, -0.1) is 0 Å². The summed E-state index contributed by atoms with van der Waals surface area (Å²) in [6.45, 7) is 2.82. The van der Waals surface area contributed by atoms with Gasteiger partial charge in [-0.05, 0) is 34.4 Å². The Bertz CT molecular complexity index is 1330. The Balaban J connectivity index is 1.41. The van der Waals surface area contributed by atoms with E-state index in [9.17, 15) is 5.11 Å². The van der Waals surface area contributed by atoms with Gasteiger partial charge in [0.05, 0.1) is 32.5 Å². The van der Waals surface area contributed by atoms with Crippen LogP contribution in [0.2, 0.25) is 0 Å². The molecule has 0 aromatic heterocycles. The third-order valence-corrected chi connectivity index (χ3v) is 6.75. The van der Waals surface area contributed by atoms with E-state index in [1.54, 1.807) is 0 Å². The van der Waals surface area contributed by atoms with Crippen LogP contribution in [0.5, 0.6) is 5.75 Å². The number of nitrogens with one attached hydrogen (secondary N) is 1. The topological polar surface area (TPSA) is 60.0 Å². The summed E-state index contributed by atoms with van der Waals surface area (Å²) in [7, 11) is 0. The second-order valence-electron chi connectivity index (χ2n) is 9.71. The SMILES string of the molecule is O[C@H]1/C=C\CNc2cc(COCc3ccccc3)cc(OCc3ccccc3)c2[C@@H]1COCc1ccccc1. The van der Waals surface area contributed by atoms with Crippen LogP contribution in [-0.2, 0) is 35.9 Å². The Morgan fingerprint density at radius 2 is 1.23 bits per heavy atom. The van der Waals surface area contributed by atoms with E-state index >= 15 is 0 Å². The number of fused-ring (bicyclic) bond motifs is 1. The van der Waals surface area contributed by atoms with E-state index in [-0.39, 0.29) is 5.92 Å². The molecule has 1 aliphatic heterocycles. The van der Waals surface area contributed by atoms with Crippen molar-refractivity contribution in [3.05, 3.63) is 143 Å². The summed E-state index contributed by atoms with van der Waals surface area (Å²) in [5.74, 6) is 0.419. The Kier molecular flexibility index (Phi) is 9.42. The predicted molar refractivity (Wildman–Crippen MR) is 155 cm³/mol. The maximum absolute atomic E-state index is 11.2. The molecule has 5 rings (SSSR count). The second-order valence-corrected chi connectivity index (χ2v) is 9.71. The van der Waals surface area contributed by atoms with E-state index < -0.39 is 6.10 Å². The summed E-state index contributed by atoms with van der Waals surface area (Å²) in [5, 5.41) is 14.7. The number of aliphatic hydroxyl groups excluding tert-OH is 1. The Hall–Kier alpha value is -3.90. The van der Waals surface area contributed by atoms with Crippen molar-refractivity contribution in [1.29, 1.82) is 0 Å². The molecule has 0 bridgehead atoms. The quantitative estimate of drug-likeness (QED) is 0.217. The smallest absolute Gasteiger partial charge is 0.125 e. The van der Waals surface area contributed by atoms with Gasteiger partial charge in [0.15, 0.2) is 0 Å². The molecule has 200 valence electrons. The number of aliphatic hydroxyl groups is 1. The van der Waals surface area contributed by atoms with Crippen LogP contribution in [0.15, 0.2) is 115 Å². The summed E-state index contributed by atoms with van der Waals surface area (Å²) in [6.07, 6.45) is 3.09. The molecule has 0 unspecified atom stereocenters. The Labute approximate surface area is 230 Å². The van der Waals surface area contributed by atoms with Crippen molar-refractivity contribution in [3.8, 4) is 5.75 Å². The second kappa shape index (κ2) is 13.8. The van der Waals surface area contributed by atoms with Gasteiger partial charge in [-0.25, -0.2) is 0 Å². The zero-order valence-electron chi connectivity index (χ0n) is 22.0. The van der Waals surface area contributed by atoms with Crippen LogP contribution in [0.4, 0.5) is 5.69 Å². The summed E-state index contributed by atoms with van der Waals surface area (Å²) < 4.78 is 18.7. The fourth-order valence-electron chi connectivity index (χ4n) is 4.75. The number of benzene rings is 4. The maximum Gasteiger partial charge on any atom is 0.125 e. The van der Waals surface area contributed by atoms with Crippen LogP contribution in [0, 0.1) is 0 Å². The minimum atomic E-state index is -0.708. The fourth-order valence-corrected chi connectivity index (χ4v) is 4.75. The normalized spacial score (nSPS) is 17.4. The van der Waals surface area contributed by atoms with E-state index in [0.717, 1.165) is 39.3 Å². The van der Waals surface area contributed by atoms with Crippen molar-refractivity contribution in [2.45, 2.75) is 38.4 Å². The van der Waals surface area contributed by atoms with Crippen molar-refractivity contribution in [2.24, 2.45) is 0 Å². The maximum atomic E-state index is 11.2. The van der Waals surface area contributed by atoms with Crippen LogP contribution in [0.1, 0.15) is 33.7 Å². The van der Waals surface area contributed by atoms with Crippen LogP contribution in [0.25, 0.3) is 0 Å². The number of anilines is 1. The van der Waals surface area contributed by atoms with Gasteiger partial charge in [-0.2, -0.15) is 0 Å². The van der Waals surface area contributed by atoms with Gasteiger partial charge in [-0.1, -0.05) is 103 Å². The zero-order chi connectivity index (χ0) is 26.7. The first-order valence-corrected chi connectivity index (χ1v) is 13.4. The molecule has 0 radical (unpaired) electrons. The van der Waals surface area contributed by atoms with Crippen LogP contribution in [0.3, 0.4) is 0 Å². The van der Waals surface area contributed by atoms with E-state index in [1.165, 1.54) is 0 Å². The lowest BCUT2D eigenvalue weighted by Crippen LogP contribution is -2.25. The lowest BCUT2D eigenvalue weighted by atomic mass is 9.89. The molecule has 39 heavy (non-hydrogen) atoms. The summed E-state index contributed by atoms with van der Waals surface area (Å²) in [5.41, 5.74) is 6.15. The summed E-state index contributed by atoms with van der Waals surface area (Å²) in [6, 6.07) is 34.5. The molecule has 5 nitrogen and oxygen atoms in total. The van der Waals surface area contributed by atoms with E-state index in [4.69, 9.17) is 14.2 Å². The lowest BCUT2D eigenvalue weighted by molar-refractivity contribution is 0.0680. The zero-order valence-corrected chi connectivity index (χ0v) is 22.0. The Morgan fingerprint density at radius 1 is 0.667 bits per heavy atom. The molecule has 0 amide bonds. The highest BCUT2D eigenvalue weighted by Crippen LogP contribution is 2.39. The van der Waals surface area contributed by atoms with E-state index in [2.05, 4.69) is 23.5 Å². The Morgan fingerprint density at radius 3 is 1.87 bits per heavy atom. The molecule has 0 aliphatic carbocycles. The molecule has 1 heterocycles. The molecule has 4 aromatic rings. The number of hydrogen-bond acceptors (Lipinski definition) is 5. The highest BCUT2D eigenvalue weighted by Gasteiger charge is 2.28. The first kappa shape index (κ1) is 26.7. The molecule has 1 aliphatic rings. The molecule has 0 saturated carbocycles. The molecule has 0 saturated heterocycles. The third kappa shape index (κ3) is 7.58. The minimum absolute atomic E-state index is 0.308. The molecule has 2 atom stereocenters. The average molecular weight is 522 g/mol. The fraction of sp³-hybridized carbons (Fsp3) is 0.235. The number of hydrogen-bond donors (Lipinski definition) is 2. The molecule has 0 spiro atoms. The van der Waals surface area contributed by atoms with Gasteiger partial charge in [-0.3, -0.25) is 0 Å².